The van der Waals surface area contributed by atoms with E-state index in [-0.39, 0.29) is 40.1 Å². The highest BCUT2D eigenvalue weighted by Gasteiger charge is 2.56. The molecule has 4 rings (SSSR count). The van der Waals surface area contributed by atoms with Crippen LogP contribution in [-0.4, -0.2) is 95.6 Å². The SMILES string of the molecule is CC(C)(N)CCNCc1cnn(C[C@H]2[C@H](NC(=O)C(=NOC3(C(=O)O)CC3)c3csc(N)n3)C(=O)N2S(=O)(=O)O)n1. The highest BCUT2D eigenvalue weighted by atomic mass is 32.2. The minimum Gasteiger partial charge on any atom is -0.478 e. The first kappa shape index (κ1) is 30.2. The molecule has 1 aliphatic carbocycles. The molecule has 1 saturated carbocycles. The molecule has 0 unspecified atom stereocenters. The molecule has 2 amide bonds. The summed E-state index contributed by atoms with van der Waals surface area (Å²) < 4.78 is 33.7. The van der Waals surface area contributed by atoms with Crippen LogP contribution in [0.1, 0.15) is 44.5 Å². The fourth-order valence-electron chi connectivity index (χ4n) is 3.84. The van der Waals surface area contributed by atoms with Gasteiger partial charge < -0.3 is 32.0 Å². The number of carbonyl (C=O) groups is 3. The van der Waals surface area contributed by atoms with E-state index in [2.05, 4.69) is 31.0 Å². The second-order valence-electron chi connectivity index (χ2n) is 10.3. The number of aromatic nitrogens is 4. The minimum absolute atomic E-state index is 0.0509. The Morgan fingerprint density at radius 2 is 2.07 bits per heavy atom. The Balaban J connectivity index is 1.49. The Morgan fingerprint density at radius 3 is 2.63 bits per heavy atom. The van der Waals surface area contributed by atoms with Gasteiger partial charge in [-0.1, -0.05) is 5.16 Å². The average Bonchev–Trinajstić information content (AvgIpc) is 3.33. The molecule has 2 aliphatic rings. The maximum Gasteiger partial charge on any atom is 0.362 e. The van der Waals surface area contributed by atoms with Gasteiger partial charge in [0.05, 0.1) is 18.4 Å². The van der Waals surface area contributed by atoms with Crippen molar-refractivity contribution in [2.24, 2.45) is 10.9 Å². The van der Waals surface area contributed by atoms with Crippen LogP contribution in [0.5, 0.6) is 0 Å². The number of carbonyl (C=O) groups excluding carboxylic acids is 2. The van der Waals surface area contributed by atoms with E-state index in [0.717, 1.165) is 16.1 Å². The molecule has 0 spiro atoms. The van der Waals surface area contributed by atoms with E-state index in [1.807, 2.05) is 13.8 Å². The van der Waals surface area contributed by atoms with Gasteiger partial charge in [0, 0.05) is 30.3 Å². The van der Waals surface area contributed by atoms with Gasteiger partial charge in [-0.25, -0.2) is 14.1 Å². The number of oxime groups is 1. The zero-order chi connectivity index (χ0) is 30.2. The number of aliphatic carboxylic acids is 1. The molecular weight excluding hydrogens is 584 g/mol. The summed E-state index contributed by atoms with van der Waals surface area (Å²) in [6.45, 7) is 4.45. The van der Waals surface area contributed by atoms with Crippen LogP contribution in [0.25, 0.3) is 0 Å². The summed E-state index contributed by atoms with van der Waals surface area (Å²) in [5, 5.41) is 28.4. The number of anilines is 1. The quantitative estimate of drug-likeness (QED) is 0.0445. The van der Waals surface area contributed by atoms with Gasteiger partial charge in [-0.15, -0.1) is 11.3 Å². The molecule has 2 atom stereocenters. The Labute approximate surface area is 238 Å². The lowest BCUT2D eigenvalue weighted by Gasteiger charge is -2.43. The molecule has 18 nitrogen and oxygen atoms in total. The van der Waals surface area contributed by atoms with Crippen LogP contribution in [0.3, 0.4) is 0 Å². The van der Waals surface area contributed by atoms with E-state index in [9.17, 15) is 32.5 Å². The molecule has 0 bridgehead atoms. The number of β-lactam (4-membered cyclic amide) rings is 1. The Bertz CT molecular complexity index is 1460. The highest BCUT2D eigenvalue weighted by molar-refractivity contribution is 7.84. The number of hydrogen-bond donors (Lipinski definition) is 6. The van der Waals surface area contributed by atoms with E-state index in [0.29, 0.717) is 25.2 Å². The van der Waals surface area contributed by atoms with E-state index in [4.69, 9.17) is 16.3 Å². The number of rotatable bonds is 14. The molecule has 2 aromatic rings. The third-order valence-electron chi connectivity index (χ3n) is 6.28. The van der Waals surface area contributed by atoms with Gasteiger partial charge in [-0.2, -0.15) is 23.4 Å². The van der Waals surface area contributed by atoms with Crippen LogP contribution in [0, 0.1) is 0 Å². The van der Waals surface area contributed by atoms with Crippen molar-refractivity contribution in [2.75, 3.05) is 12.3 Å². The largest absolute Gasteiger partial charge is 0.478 e. The molecule has 2 aromatic heterocycles. The zero-order valence-electron chi connectivity index (χ0n) is 22.1. The molecule has 2 fully saturated rings. The van der Waals surface area contributed by atoms with Crippen LogP contribution in [0.2, 0.25) is 0 Å². The smallest absolute Gasteiger partial charge is 0.362 e. The average molecular weight is 615 g/mol. The van der Waals surface area contributed by atoms with Gasteiger partial charge in [0.25, 0.3) is 11.8 Å². The molecular formula is C21H30N10O8S2. The normalized spacial score (nSPS) is 20.4. The van der Waals surface area contributed by atoms with Crippen molar-refractivity contribution in [1.29, 1.82) is 0 Å². The molecule has 41 heavy (non-hydrogen) atoms. The second kappa shape index (κ2) is 11.3. The van der Waals surface area contributed by atoms with Crippen LogP contribution >= 0.6 is 11.3 Å². The Morgan fingerprint density at radius 1 is 1.37 bits per heavy atom. The van der Waals surface area contributed by atoms with Crippen molar-refractivity contribution in [2.45, 2.75) is 69.4 Å². The number of nitrogens with one attached hydrogen (secondary N) is 2. The van der Waals surface area contributed by atoms with Crippen molar-refractivity contribution < 1.29 is 37.3 Å². The number of hydrogen-bond acceptors (Lipinski definition) is 14. The van der Waals surface area contributed by atoms with E-state index >= 15 is 0 Å². The first-order chi connectivity index (χ1) is 19.1. The van der Waals surface area contributed by atoms with Crippen LogP contribution in [0.4, 0.5) is 5.13 Å². The number of amides is 2. The van der Waals surface area contributed by atoms with Crippen molar-refractivity contribution in [3.63, 3.8) is 0 Å². The van der Waals surface area contributed by atoms with Crippen LogP contribution in [0.15, 0.2) is 16.7 Å². The summed E-state index contributed by atoms with van der Waals surface area (Å²) >= 11 is 0.976. The van der Waals surface area contributed by atoms with Gasteiger partial charge in [0.2, 0.25) is 5.60 Å². The summed E-state index contributed by atoms with van der Waals surface area (Å²) in [6, 6.07) is -2.75. The van der Waals surface area contributed by atoms with Crippen LogP contribution < -0.4 is 22.1 Å². The Kier molecular flexibility index (Phi) is 8.32. The van der Waals surface area contributed by atoms with E-state index < -0.39 is 51.5 Å². The fourth-order valence-corrected chi connectivity index (χ4v) is 5.26. The predicted octanol–water partition coefficient (Wildman–Crippen LogP) is -1.93. The maximum absolute atomic E-state index is 13.2. The fraction of sp³-hybridized carbons (Fsp3) is 0.571. The monoisotopic (exact) mass is 614 g/mol. The van der Waals surface area contributed by atoms with Crippen molar-refractivity contribution >= 4 is 50.3 Å². The standard InChI is InChI=1S/C21H30N10O8S2/c1-20(2,23)5-6-24-7-11-8-25-30(28-11)9-13-15(17(33)31(13)41(36,37)38)27-16(32)14(12-10-40-19(22)26-12)29-39-21(3-4-21)18(34)35/h8,10,13,15,24H,3-7,9,23H2,1-2H3,(H2,22,26)(H,27,32)(H,34,35)(H,36,37,38)/t13-,15-/m0/s1. The molecule has 0 radical (unpaired) electrons. The number of carboxylic acid groups (broad SMARTS) is 1. The molecule has 1 aliphatic heterocycles. The molecule has 224 valence electrons. The summed E-state index contributed by atoms with van der Waals surface area (Å²) in [4.78, 5) is 47.6. The lowest BCUT2D eigenvalue weighted by molar-refractivity contribution is -0.153. The van der Waals surface area contributed by atoms with Gasteiger partial charge in [0.15, 0.2) is 10.8 Å². The predicted molar refractivity (Wildman–Crippen MR) is 142 cm³/mol. The van der Waals surface area contributed by atoms with Crippen LogP contribution in [-0.2, 0) is 42.6 Å². The summed E-state index contributed by atoms with van der Waals surface area (Å²) in [6.07, 6.45) is 2.49. The van der Waals surface area contributed by atoms with Crippen molar-refractivity contribution in [1.82, 2.24) is 34.9 Å². The molecule has 3 heterocycles. The first-order valence-electron chi connectivity index (χ1n) is 12.3. The number of carboxylic acids is 1. The van der Waals surface area contributed by atoms with Gasteiger partial charge in [0.1, 0.15) is 17.8 Å². The number of thiazole rings is 1. The van der Waals surface area contributed by atoms with E-state index in [1.165, 1.54) is 11.6 Å². The third-order valence-corrected chi connectivity index (χ3v) is 7.90. The highest BCUT2D eigenvalue weighted by Crippen LogP contribution is 2.40. The van der Waals surface area contributed by atoms with Gasteiger partial charge >= 0.3 is 16.3 Å². The van der Waals surface area contributed by atoms with Gasteiger partial charge in [-0.05, 0) is 26.8 Å². The lowest BCUT2D eigenvalue weighted by atomic mass is 9.98. The van der Waals surface area contributed by atoms with Crippen molar-refractivity contribution in [3.8, 4) is 0 Å². The summed E-state index contributed by atoms with van der Waals surface area (Å²) in [5.74, 6) is -3.40. The van der Waals surface area contributed by atoms with E-state index in [1.54, 1.807) is 0 Å². The summed E-state index contributed by atoms with van der Waals surface area (Å²) in [7, 11) is -4.99. The third kappa shape index (κ3) is 7.14. The molecule has 8 N–H and O–H groups in total. The number of nitrogen functional groups attached to an aromatic ring is 1. The lowest BCUT2D eigenvalue weighted by Crippen LogP contribution is -2.73. The maximum atomic E-state index is 13.2. The first-order valence-corrected chi connectivity index (χ1v) is 14.6. The number of nitrogens with two attached hydrogens (primary N) is 2. The molecule has 1 saturated heterocycles. The zero-order valence-corrected chi connectivity index (χ0v) is 23.7. The summed E-state index contributed by atoms with van der Waals surface area (Å²) in [5.41, 5.74) is 9.67. The molecule has 20 heteroatoms. The Hall–Kier alpha value is -3.72. The number of nitrogens with zero attached hydrogens (tertiary/aromatic N) is 6. The van der Waals surface area contributed by atoms with Gasteiger partial charge in [-0.3, -0.25) is 14.1 Å². The van der Waals surface area contributed by atoms with Crippen molar-refractivity contribution in [3.05, 3.63) is 23.0 Å². The molecule has 0 aromatic carbocycles. The topological polar surface area (TPSA) is 270 Å². The second-order valence-corrected chi connectivity index (χ2v) is 12.5. The minimum atomic E-state index is -4.99.